The Bertz CT molecular complexity index is 1140. The first-order chi connectivity index (χ1) is 14.2. The SMILES string of the molecule is O=C(NCc1cn(Cc2ccccc2)nc1-c1ccccc1)c1ccc(=O)[nH]c1. The Morgan fingerprint density at radius 2 is 1.69 bits per heavy atom. The summed E-state index contributed by atoms with van der Waals surface area (Å²) in [5, 5.41) is 7.66. The van der Waals surface area contributed by atoms with Gasteiger partial charge in [0.2, 0.25) is 5.56 Å². The van der Waals surface area contributed by atoms with Gasteiger partial charge in [-0.3, -0.25) is 14.3 Å². The van der Waals surface area contributed by atoms with Crippen molar-refractivity contribution in [1.82, 2.24) is 20.1 Å². The number of hydrogen-bond donors (Lipinski definition) is 2. The molecule has 6 heteroatoms. The molecule has 2 aromatic heterocycles. The Morgan fingerprint density at radius 3 is 2.38 bits per heavy atom. The lowest BCUT2D eigenvalue weighted by Gasteiger charge is -2.05. The second-order valence-corrected chi connectivity index (χ2v) is 6.68. The minimum Gasteiger partial charge on any atom is -0.348 e. The summed E-state index contributed by atoms with van der Waals surface area (Å²) in [4.78, 5) is 26.1. The number of benzene rings is 2. The minimum atomic E-state index is -0.254. The Kier molecular flexibility index (Phi) is 5.33. The van der Waals surface area contributed by atoms with Crippen molar-refractivity contribution in [2.45, 2.75) is 13.1 Å². The van der Waals surface area contributed by atoms with Crippen LogP contribution in [0.5, 0.6) is 0 Å². The first kappa shape index (κ1) is 18.4. The third-order valence-corrected chi connectivity index (χ3v) is 4.56. The highest BCUT2D eigenvalue weighted by Gasteiger charge is 2.13. The van der Waals surface area contributed by atoms with E-state index < -0.39 is 0 Å². The largest absolute Gasteiger partial charge is 0.348 e. The third kappa shape index (κ3) is 4.50. The van der Waals surface area contributed by atoms with Crippen molar-refractivity contribution in [1.29, 1.82) is 0 Å². The monoisotopic (exact) mass is 384 g/mol. The molecule has 0 saturated heterocycles. The first-order valence-electron chi connectivity index (χ1n) is 9.32. The normalized spacial score (nSPS) is 10.6. The van der Waals surface area contributed by atoms with Gasteiger partial charge >= 0.3 is 0 Å². The zero-order valence-corrected chi connectivity index (χ0v) is 15.7. The van der Waals surface area contributed by atoms with Gasteiger partial charge in [0.05, 0.1) is 17.8 Å². The molecule has 29 heavy (non-hydrogen) atoms. The zero-order valence-electron chi connectivity index (χ0n) is 15.7. The summed E-state index contributed by atoms with van der Waals surface area (Å²) in [6.07, 6.45) is 3.37. The van der Waals surface area contributed by atoms with E-state index >= 15 is 0 Å². The van der Waals surface area contributed by atoms with Gasteiger partial charge in [0.1, 0.15) is 0 Å². The van der Waals surface area contributed by atoms with Crippen LogP contribution < -0.4 is 10.9 Å². The van der Waals surface area contributed by atoms with E-state index in [9.17, 15) is 9.59 Å². The van der Waals surface area contributed by atoms with E-state index in [0.717, 1.165) is 22.4 Å². The van der Waals surface area contributed by atoms with Crippen LogP contribution in [-0.2, 0) is 13.1 Å². The van der Waals surface area contributed by atoms with E-state index in [2.05, 4.69) is 22.4 Å². The number of hydrogen-bond acceptors (Lipinski definition) is 3. The zero-order chi connectivity index (χ0) is 20.1. The lowest BCUT2D eigenvalue weighted by Crippen LogP contribution is -2.23. The number of aromatic nitrogens is 3. The van der Waals surface area contributed by atoms with Crippen molar-refractivity contribution < 1.29 is 4.79 Å². The fourth-order valence-corrected chi connectivity index (χ4v) is 3.11. The molecule has 4 rings (SSSR count). The number of pyridine rings is 1. The molecule has 0 saturated carbocycles. The van der Waals surface area contributed by atoms with Crippen LogP contribution in [0.1, 0.15) is 21.5 Å². The molecule has 0 aliphatic heterocycles. The van der Waals surface area contributed by atoms with Gasteiger partial charge in [0.25, 0.3) is 5.91 Å². The predicted molar refractivity (Wildman–Crippen MR) is 111 cm³/mol. The number of aromatic amines is 1. The molecule has 0 atom stereocenters. The molecule has 144 valence electrons. The molecule has 2 N–H and O–H groups in total. The maximum atomic E-state index is 12.4. The maximum Gasteiger partial charge on any atom is 0.253 e. The van der Waals surface area contributed by atoms with Crippen molar-refractivity contribution in [3.05, 3.63) is 112 Å². The molecule has 0 radical (unpaired) electrons. The predicted octanol–water partition coefficient (Wildman–Crippen LogP) is 3.22. The Morgan fingerprint density at radius 1 is 0.966 bits per heavy atom. The molecular formula is C23H20N4O2. The highest BCUT2D eigenvalue weighted by molar-refractivity contribution is 5.93. The van der Waals surface area contributed by atoms with Crippen molar-refractivity contribution >= 4 is 5.91 Å². The van der Waals surface area contributed by atoms with Gasteiger partial charge in [-0.2, -0.15) is 5.10 Å². The number of nitrogens with one attached hydrogen (secondary N) is 2. The molecule has 2 heterocycles. The molecule has 0 bridgehead atoms. The van der Waals surface area contributed by atoms with E-state index in [0.29, 0.717) is 18.7 Å². The third-order valence-electron chi connectivity index (χ3n) is 4.56. The van der Waals surface area contributed by atoms with Crippen LogP contribution in [0.25, 0.3) is 11.3 Å². The number of rotatable bonds is 6. The standard InChI is InChI=1S/C23H20N4O2/c28-21-12-11-19(13-24-21)23(29)25-14-20-16-27(15-17-7-3-1-4-8-17)26-22(20)18-9-5-2-6-10-18/h1-13,16H,14-15H2,(H,24,28)(H,25,29). The van der Waals surface area contributed by atoms with Crippen molar-refractivity contribution in [3.63, 3.8) is 0 Å². The summed E-state index contributed by atoms with van der Waals surface area (Å²) >= 11 is 0. The smallest absolute Gasteiger partial charge is 0.253 e. The van der Waals surface area contributed by atoms with E-state index in [4.69, 9.17) is 5.10 Å². The van der Waals surface area contributed by atoms with Crippen LogP contribution in [0.3, 0.4) is 0 Å². The summed E-state index contributed by atoms with van der Waals surface area (Å²) < 4.78 is 1.89. The van der Waals surface area contributed by atoms with Crippen LogP contribution in [0.2, 0.25) is 0 Å². The van der Waals surface area contributed by atoms with Crippen LogP contribution in [-0.4, -0.2) is 20.7 Å². The van der Waals surface area contributed by atoms with E-state index in [1.165, 1.54) is 18.3 Å². The molecular weight excluding hydrogens is 364 g/mol. The van der Waals surface area contributed by atoms with Gasteiger partial charge in [-0.15, -0.1) is 0 Å². The van der Waals surface area contributed by atoms with Crippen LogP contribution in [0.15, 0.2) is 90.0 Å². The summed E-state index contributed by atoms with van der Waals surface area (Å²) in [5.74, 6) is -0.254. The molecule has 0 fully saturated rings. The fraction of sp³-hybridized carbons (Fsp3) is 0.0870. The van der Waals surface area contributed by atoms with Gasteiger partial charge in [0, 0.05) is 36.1 Å². The Labute approximate surface area is 167 Å². The van der Waals surface area contributed by atoms with E-state index in [1.807, 2.05) is 59.4 Å². The van der Waals surface area contributed by atoms with Crippen molar-refractivity contribution in [2.75, 3.05) is 0 Å². The summed E-state index contributed by atoms with van der Waals surface area (Å²) in [6.45, 7) is 0.978. The molecule has 1 amide bonds. The number of nitrogens with zero attached hydrogens (tertiary/aromatic N) is 2. The van der Waals surface area contributed by atoms with Crippen molar-refractivity contribution in [3.8, 4) is 11.3 Å². The topological polar surface area (TPSA) is 79.8 Å². The molecule has 0 aliphatic rings. The molecule has 6 nitrogen and oxygen atoms in total. The number of H-pyrrole nitrogens is 1. The lowest BCUT2D eigenvalue weighted by molar-refractivity contribution is 0.0950. The average molecular weight is 384 g/mol. The van der Waals surface area contributed by atoms with Gasteiger partial charge in [-0.25, -0.2) is 0 Å². The molecule has 4 aromatic rings. The molecule has 0 aliphatic carbocycles. The highest BCUT2D eigenvalue weighted by Crippen LogP contribution is 2.22. The summed E-state index contributed by atoms with van der Waals surface area (Å²) in [5.41, 5.74) is 4.07. The van der Waals surface area contributed by atoms with Crippen LogP contribution in [0, 0.1) is 0 Å². The Hall–Kier alpha value is -3.93. The Balaban J connectivity index is 1.58. The number of carbonyl (C=O) groups is 1. The molecule has 0 unspecified atom stereocenters. The van der Waals surface area contributed by atoms with Crippen LogP contribution >= 0.6 is 0 Å². The van der Waals surface area contributed by atoms with Gasteiger partial charge in [-0.05, 0) is 11.6 Å². The van der Waals surface area contributed by atoms with E-state index in [-0.39, 0.29) is 11.5 Å². The number of carbonyl (C=O) groups excluding carboxylic acids is 1. The molecule has 2 aromatic carbocycles. The van der Waals surface area contributed by atoms with Crippen LogP contribution in [0.4, 0.5) is 0 Å². The highest BCUT2D eigenvalue weighted by atomic mass is 16.1. The first-order valence-corrected chi connectivity index (χ1v) is 9.32. The fourth-order valence-electron chi connectivity index (χ4n) is 3.11. The molecule has 0 spiro atoms. The van der Waals surface area contributed by atoms with E-state index in [1.54, 1.807) is 0 Å². The minimum absolute atomic E-state index is 0.241. The second-order valence-electron chi connectivity index (χ2n) is 6.68. The van der Waals surface area contributed by atoms with Gasteiger partial charge < -0.3 is 10.3 Å². The summed E-state index contributed by atoms with van der Waals surface area (Å²) in [6, 6.07) is 22.8. The van der Waals surface area contributed by atoms with Gasteiger partial charge in [-0.1, -0.05) is 60.7 Å². The number of amides is 1. The maximum absolute atomic E-state index is 12.4. The van der Waals surface area contributed by atoms with Gasteiger partial charge in [0.15, 0.2) is 0 Å². The lowest BCUT2D eigenvalue weighted by atomic mass is 10.1. The summed E-state index contributed by atoms with van der Waals surface area (Å²) in [7, 11) is 0. The quantitative estimate of drug-likeness (QED) is 0.536. The average Bonchev–Trinajstić information content (AvgIpc) is 3.16. The second kappa shape index (κ2) is 8.39. The van der Waals surface area contributed by atoms with Crippen molar-refractivity contribution in [2.24, 2.45) is 0 Å².